The molecule has 1 aromatic rings. The third-order valence-electron chi connectivity index (χ3n) is 3.37. The van der Waals surface area contributed by atoms with E-state index in [1.54, 1.807) is 6.34 Å². The molecule has 1 amide bonds. The third kappa shape index (κ3) is 3.98. The van der Waals surface area contributed by atoms with E-state index in [4.69, 9.17) is 5.84 Å². The van der Waals surface area contributed by atoms with Crippen LogP contribution in [0.1, 0.15) is 23.2 Å². The van der Waals surface area contributed by atoms with Crippen LogP contribution in [0.15, 0.2) is 35.4 Å². The van der Waals surface area contributed by atoms with E-state index in [0.717, 1.165) is 25.9 Å². The maximum atomic E-state index is 11.9. The zero-order valence-corrected chi connectivity index (χ0v) is 11.0. The fraction of sp³-hybridized carbons (Fsp3) is 0.429. The van der Waals surface area contributed by atoms with Crippen molar-refractivity contribution >= 4 is 12.2 Å². The number of hydrogen-bond donors (Lipinski definition) is 2. The van der Waals surface area contributed by atoms with Crippen LogP contribution in [0.4, 0.5) is 0 Å². The van der Waals surface area contributed by atoms with E-state index in [-0.39, 0.29) is 5.91 Å². The number of nitrogens with zero attached hydrogens (tertiary/aromatic N) is 2. The second-order valence-electron chi connectivity index (χ2n) is 4.84. The smallest absolute Gasteiger partial charge is 0.251 e. The summed E-state index contributed by atoms with van der Waals surface area (Å²) in [5.74, 6) is 5.61. The second-order valence-corrected chi connectivity index (χ2v) is 4.84. The highest BCUT2D eigenvalue weighted by Gasteiger charge is 2.18. The molecular formula is C14H20N4O. The van der Waals surface area contributed by atoms with Crippen LogP contribution in [0.3, 0.4) is 0 Å². The molecule has 1 heterocycles. The molecule has 0 unspecified atom stereocenters. The zero-order valence-electron chi connectivity index (χ0n) is 11.0. The largest absolute Gasteiger partial charge is 0.361 e. The highest BCUT2D eigenvalue weighted by Crippen LogP contribution is 2.14. The number of amides is 1. The van der Waals surface area contributed by atoms with Crippen LogP contribution in [0.25, 0.3) is 0 Å². The standard InChI is InChI=1S/C14H20N4O/c15-17-11-18-8-4-5-12(10-18)9-16-14(19)13-6-2-1-3-7-13/h1-3,6-7,11-12H,4-5,8-10,15H2,(H,16,19)/t12-/m0/s1. The molecule has 19 heavy (non-hydrogen) atoms. The molecule has 1 aliphatic heterocycles. The van der Waals surface area contributed by atoms with Gasteiger partial charge in [-0.05, 0) is 30.9 Å². The average Bonchev–Trinajstić information content (AvgIpc) is 2.46. The summed E-state index contributed by atoms with van der Waals surface area (Å²) >= 11 is 0. The molecule has 0 spiro atoms. The van der Waals surface area contributed by atoms with Crippen molar-refractivity contribution in [2.75, 3.05) is 19.6 Å². The maximum Gasteiger partial charge on any atom is 0.251 e. The fourth-order valence-corrected chi connectivity index (χ4v) is 2.39. The van der Waals surface area contributed by atoms with Crippen molar-refractivity contribution in [1.82, 2.24) is 10.2 Å². The molecule has 0 bridgehead atoms. The normalized spacial score (nSPS) is 19.6. The summed E-state index contributed by atoms with van der Waals surface area (Å²) in [7, 11) is 0. The van der Waals surface area contributed by atoms with Crippen LogP contribution in [0.5, 0.6) is 0 Å². The molecule has 3 N–H and O–H groups in total. The van der Waals surface area contributed by atoms with Crippen molar-refractivity contribution in [3.63, 3.8) is 0 Å². The minimum absolute atomic E-state index is 0.00906. The summed E-state index contributed by atoms with van der Waals surface area (Å²) in [6, 6.07) is 9.29. The van der Waals surface area contributed by atoms with Crippen LogP contribution in [0.2, 0.25) is 0 Å². The number of piperidine rings is 1. The molecule has 1 aromatic carbocycles. The lowest BCUT2D eigenvalue weighted by Gasteiger charge is -2.31. The Morgan fingerprint density at radius 2 is 2.26 bits per heavy atom. The minimum atomic E-state index is -0.00906. The first-order valence-electron chi connectivity index (χ1n) is 6.60. The molecule has 5 heteroatoms. The Labute approximate surface area is 113 Å². The SMILES string of the molecule is NN=CN1CCC[C@@H](CNC(=O)c2ccccc2)C1. The monoisotopic (exact) mass is 260 g/mol. The Morgan fingerprint density at radius 1 is 1.47 bits per heavy atom. The molecule has 1 atom stereocenters. The van der Waals surface area contributed by atoms with E-state index in [2.05, 4.69) is 15.3 Å². The summed E-state index contributed by atoms with van der Waals surface area (Å²) in [6.45, 7) is 2.59. The van der Waals surface area contributed by atoms with Gasteiger partial charge in [0, 0.05) is 25.2 Å². The van der Waals surface area contributed by atoms with Crippen LogP contribution in [-0.4, -0.2) is 36.8 Å². The van der Waals surface area contributed by atoms with Crippen molar-refractivity contribution in [2.45, 2.75) is 12.8 Å². The highest BCUT2D eigenvalue weighted by molar-refractivity contribution is 5.94. The molecule has 2 rings (SSSR count). The van der Waals surface area contributed by atoms with Gasteiger partial charge in [0.2, 0.25) is 0 Å². The van der Waals surface area contributed by atoms with Gasteiger partial charge in [0.05, 0.1) is 0 Å². The first kappa shape index (κ1) is 13.4. The van der Waals surface area contributed by atoms with Gasteiger partial charge in [0.25, 0.3) is 5.91 Å². The van der Waals surface area contributed by atoms with Crippen LogP contribution >= 0.6 is 0 Å². The number of hydrogen-bond acceptors (Lipinski definition) is 3. The van der Waals surface area contributed by atoms with Gasteiger partial charge in [0.1, 0.15) is 6.34 Å². The molecule has 0 saturated carbocycles. The topological polar surface area (TPSA) is 70.7 Å². The minimum Gasteiger partial charge on any atom is -0.361 e. The second kappa shape index (κ2) is 6.78. The molecule has 5 nitrogen and oxygen atoms in total. The van der Waals surface area contributed by atoms with E-state index in [9.17, 15) is 4.79 Å². The Kier molecular flexibility index (Phi) is 4.78. The van der Waals surface area contributed by atoms with Crippen LogP contribution in [-0.2, 0) is 0 Å². The molecule has 102 valence electrons. The lowest BCUT2D eigenvalue weighted by molar-refractivity contribution is 0.0941. The van der Waals surface area contributed by atoms with Crippen molar-refractivity contribution in [3.8, 4) is 0 Å². The van der Waals surface area contributed by atoms with E-state index in [1.165, 1.54) is 0 Å². The van der Waals surface area contributed by atoms with E-state index in [0.29, 0.717) is 18.0 Å². The molecule has 1 fully saturated rings. The third-order valence-corrected chi connectivity index (χ3v) is 3.37. The predicted molar refractivity (Wildman–Crippen MR) is 75.8 cm³/mol. The molecule has 1 saturated heterocycles. The van der Waals surface area contributed by atoms with Crippen molar-refractivity contribution in [3.05, 3.63) is 35.9 Å². The van der Waals surface area contributed by atoms with Gasteiger partial charge >= 0.3 is 0 Å². The number of benzene rings is 1. The van der Waals surface area contributed by atoms with E-state index < -0.39 is 0 Å². The lowest BCUT2D eigenvalue weighted by Crippen LogP contribution is -2.40. The number of carbonyl (C=O) groups excluding carboxylic acids is 1. The number of nitrogens with one attached hydrogen (secondary N) is 1. The number of rotatable bonds is 4. The molecule has 0 aliphatic carbocycles. The average molecular weight is 260 g/mol. The summed E-state index contributed by atoms with van der Waals surface area (Å²) < 4.78 is 0. The molecular weight excluding hydrogens is 240 g/mol. The first-order chi connectivity index (χ1) is 9.29. The van der Waals surface area contributed by atoms with Gasteiger partial charge in [-0.2, -0.15) is 5.10 Å². The zero-order chi connectivity index (χ0) is 13.5. The summed E-state index contributed by atoms with van der Waals surface area (Å²) in [6.07, 6.45) is 3.91. The molecule has 1 aliphatic rings. The van der Waals surface area contributed by atoms with Crippen LogP contribution in [0, 0.1) is 5.92 Å². The molecule has 0 radical (unpaired) electrons. The quantitative estimate of drug-likeness (QED) is 0.368. The highest BCUT2D eigenvalue weighted by atomic mass is 16.1. The molecule has 0 aromatic heterocycles. The predicted octanol–water partition coefficient (Wildman–Crippen LogP) is 1.03. The Hall–Kier alpha value is -2.04. The Bertz CT molecular complexity index is 432. The lowest BCUT2D eigenvalue weighted by atomic mass is 9.98. The number of hydrazone groups is 1. The fourth-order valence-electron chi connectivity index (χ4n) is 2.39. The first-order valence-corrected chi connectivity index (χ1v) is 6.60. The van der Waals surface area contributed by atoms with E-state index in [1.807, 2.05) is 30.3 Å². The van der Waals surface area contributed by atoms with Gasteiger partial charge in [-0.25, -0.2) is 0 Å². The van der Waals surface area contributed by atoms with Gasteiger partial charge in [-0.1, -0.05) is 18.2 Å². The summed E-state index contributed by atoms with van der Waals surface area (Å²) in [4.78, 5) is 14.0. The van der Waals surface area contributed by atoms with Crippen molar-refractivity contribution < 1.29 is 4.79 Å². The maximum absolute atomic E-state index is 11.9. The number of nitrogens with two attached hydrogens (primary N) is 1. The van der Waals surface area contributed by atoms with Gasteiger partial charge < -0.3 is 16.1 Å². The van der Waals surface area contributed by atoms with Gasteiger partial charge in [0.15, 0.2) is 0 Å². The van der Waals surface area contributed by atoms with Gasteiger partial charge in [-0.3, -0.25) is 4.79 Å². The van der Waals surface area contributed by atoms with Crippen LogP contribution < -0.4 is 11.2 Å². The Morgan fingerprint density at radius 3 is 3.00 bits per heavy atom. The van der Waals surface area contributed by atoms with Crippen molar-refractivity contribution in [2.24, 2.45) is 16.9 Å². The Balaban J connectivity index is 1.80. The van der Waals surface area contributed by atoms with Gasteiger partial charge in [-0.15, -0.1) is 0 Å². The van der Waals surface area contributed by atoms with E-state index >= 15 is 0 Å². The summed E-state index contributed by atoms with van der Waals surface area (Å²) in [5, 5.41) is 6.54. The number of carbonyl (C=O) groups is 1. The van der Waals surface area contributed by atoms with Crippen molar-refractivity contribution in [1.29, 1.82) is 0 Å². The number of likely N-dealkylation sites (tertiary alicyclic amines) is 1. The summed E-state index contributed by atoms with van der Waals surface area (Å²) in [5.41, 5.74) is 0.707.